The van der Waals surface area contributed by atoms with Crippen molar-refractivity contribution in [1.82, 2.24) is 14.7 Å². The first-order valence-corrected chi connectivity index (χ1v) is 14.0. The van der Waals surface area contributed by atoms with Crippen molar-refractivity contribution in [3.8, 4) is 5.69 Å². The lowest BCUT2D eigenvalue weighted by Gasteiger charge is -2.14. The molecule has 0 unspecified atom stereocenters. The molecule has 0 bridgehead atoms. The Kier molecular flexibility index (Phi) is 8.52. The van der Waals surface area contributed by atoms with Gasteiger partial charge in [-0.3, -0.25) is 10.1 Å². The van der Waals surface area contributed by atoms with E-state index in [1.165, 1.54) is 0 Å². The maximum atomic E-state index is 13.1. The van der Waals surface area contributed by atoms with Crippen LogP contribution in [0, 0.1) is 0 Å². The van der Waals surface area contributed by atoms with Gasteiger partial charge in [0.1, 0.15) is 12.4 Å². The number of rotatable bonds is 4. The van der Waals surface area contributed by atoms with Gasteiger partial charge in [-0.1, -0.05) is 99.6 Å². The predicted molar refractivity (Wildman–Crippen MR) is 168 cm³/mol. The van der Waals surface area contributed by atoms with E-state index < -0.39 is 18.0 Å². The minimum absolute atomic E-state index is 0.179. The number of urea groups is 1. The van der Waals surface area contributed by atoms with Crippen LogP contribution in [0.25, 0.3) is 16.5 Å². The molecule has 1 aliphatic rings. The van der Waals surface area contributed by atoms with E-state index in [-0.39, 0.29) is 18.6 Å². The molecule has 0 radical (unpaired) electrons. The van der Waals surface area contributed by atoms with E-state index in [0.717, 1.165) is 21.4 Å². The number of anilines is 2. The topological polar surface area (TPSA) is 106 Å². The van der Waals surface area contributed by atoms with E-state index in [9.17, 15) is 14.4 Å². The molecule has 43 heavy (non-hydrogen) atoms. The molecule has 0 saturated carbocycles. The molecule has 218 valence electrons. The van der Waals surface area contributed by atoms with Gasteiger partial charge in [-0.15, -0.1) is 0 Å². The highest BCUT2D eigenvalue weighted by atomic mass is 16.6. The molecule has 9 nitrogen and oxygen atoms in total. The SMILES string of the molecule is CC(C)(C)c1cc(NC(=O)Nc2cccc3ccccc23)n(-c2cccc(C(=O)N3CCOC3=O)c2)n1.c1ccccc1. The van der Waals surface area contributed by atoms with Crippen LogP contribution in [-0.4, -0.2) is 45.9 Å². The van der Waals surface area contributed by atoms with Gasteiger partial charge in [0.15, 0.2) is 0 Å². The molecule has 5 aromatic rings. The number of benzene rings is 4. The second kappa shape index (κ2) is 12.6. The van der Waals surface area contributed by atoms with Gasteiger partial charge in [0.25, 0.3) is 5.91 Å². The van der Waals surface area contributed by atoms with Crippen LogP contribution in [0.4, 0.5) is 21.1 Å². The fraction of sp³-hybridized carbons (Fsp3) is 0.176. The van der Waals surface area contributed by atoms with Crippen LogP contribution in [0.5, 0.6) is 0 Å². The van der Waals surface area contributed by atoms with Crippen molar-refractivity contribution < 1.29 is 19.1 Å². The van der Waals surface area contributed by atoms with Gasteiger partial charge in [-0.25, -0.2) is 19.2 Å². The van der Waals surface area contributed by atoms with Crippen molar-refractivity contribution in [2.45, 2.75) is 26.2 Å². The smallest absolute Gasteiger partial charge is 0.416 e. The fourth-order valence-electron chi connectivity index (χ4n) is 4.53. The number of ether oxygens (including phenoxy) is 1. The van der Waals surface area contributed by atoms with Crippen molar-refractivity contribution in [1.29, 1.82) is 0 Å². The first kappa shape index (κ1) is 29.1. The quantitative estimate of drug-likeness (QED) is 0.235. The molecule has 0 aliphatic carbocycles. The Morgan fingerprint density at radius 3 is 2.16 bits per heavy atom. The van der Waals surface area contributed by atoms with Gasteiger partial charge in [0.05, 0.1) is 23.6 Å². The fourth-order valence-corrected chi connectivity index (χ4v) is 4.53. The third kappa shape index (κ3) is 6.90. The maximum Gasteiger partial charge on any atom is 0.416 e. The minimum atomic E-state index is -0.656. The predicted octanol–water partition coefficient (Wildman–Crippen LogP) is 7.25. The normalized spacial score (nSPS) is 12.7. The molecule has 6 rings (SSSR count). The van der Waals surface area contributed by atoms with E-state index in [2.05, 4.69) is 10.6 Å². The van der Waals surface area contributed by atoms with Gasteiger partial charge in [-0.05, 0) is 29.7 Å². The summed E-state index contributed by atoms with van der Waals surface area (Å²) in [5.74, 6) is -0.0106. The standard InChI is InChI=1S/C28H27N5O4.C6H6/c1-28(2,3)23-17-24(30-26(35)29-22-13-7-9-18-8-4-5-12-21(18)22)33(31-23)20-11-6-10-19(16-20)25(34)32-14-15-37-27(32)36;1-2-4-6-5-3-1/h4-13,16-17H,14-15H2,1-3H3,(H2,29,30,35);1-6H. The van der Waals surface area contributed by atoms with Crippen molar-refractivity contribution in [2.75, 3.05) is 23.8 Å². The van der Waals surface area contributed by atoms with Gasteiger partial charge in [0.2, 0.25) is 0 Å². The number of aromatic nitrogens is 2. The van der Waals surface area contributed by atoms with Crippen molar-refractivity contribution in [2.24, 2.45) is 0 Å². The monoisotopic (exact) mass is 575 g/mol. The molecule has 4 aromatic carbocycles. The molecule has 1 saturated heterocycles. The summed E-state index contributed by atoms with van der Waals surface area (Å²) in [5, 5.41) is 12.5. The van der Waals surface area contributed by atoms with Gasteiger partial charge < -0.3 is 10.1 Å². The second-order valence-electron chi connectivity index (χ2n) is 11.0. The summed E-state index contributed by atoms with van der Waals surface area (Å²) in [4.78, 5) is 38.9. The Morgan fingerprint density at radius 1 is 0.814 bits per heavy atom. The second-order valence-corrected chi connectivity index (χ2v) is 11.0. The number of carbonyl (C=O) groups excluding carboxylic acids is 3. The van der Waals surface area contributed by atoms with Gasteiger partial charge in [-0.2, -0.15) is 5.10 Å². The highest BCUT2D eigenvalue weighted by Gasteiger charge is 2.29. The van der Waals surface area contributed by atoms with Gasteiger partial charge >= 0.3 is 12.1 Å². The van der Waals surface area contributed by atoms with E-state index in [0.29, 0.717) is 22.8 Å². The number of imide groups is 1. The average molecular weight is 576 g/mol. The number of nitrogens with zero attached hydrogens (tertiary/aromatic N) is 3. The molecule has 0 atom stereocenters. The number of amides is 4. The van der Waals surface area contributed by atoms with Crippen LogP contribution >= 0.6 is 0 Å². The van der Waals surface area contributed by atoms with Gasteiger partial charge in [0, 0.05) is 22.4 Å². The summed E-state index contributed by atoms with van der Waals surface area (Å²) in [6.45, 7) is 6.47. The first-order chi connectivity index (χ1) is 20.7. The molecule has 1 aromatic heterocycles. The lowest BCUT2D eigenvalue weighted by Crippen LogP contribution is -2.31. The average Bonchev–Trinajstić information content (AvgIpc) is 3.64. The number of carbonyl (C=O) groups is 3. The summed E-state index contributed by atoms with van der Waals surface area (Å²) in [6.07, 6.45) is -0.656. The van der Waals surface area contributed by atoms with E-state index in [4.69, 9.17) is 9.84 Å². The number of cyclic esters (lactones) is 1. The Morgan fingerprint density at radius 2 is 1.49 bits per heavy atom. The third-order valence-corrected chi connectivity index (χ3v) is 6.77. The minimum Gasteiger partial charge on any atom is -0.447 e. The Labute approximate surface area is 250 Å². The zero-order valence-corrected chi connectivity index (χ0v) is 24.3. The van der Waals surface area contributed by atoms with Crippen molar-refractivity contribution in [3.63, 3.8) is 0 Å². The van der Waals surface area contributed by atoms with Crippen LogP contribution in [0.3, 0.4) is 0 Å². The van der Waals surface area contributed by atoms with E-state index in [1.54, 1.807) is 28.9 Å². The molecular formula is C34H33N5O4. The van der Waals surface area contributed by atoms with Crippen LogP contribution < -0.4 is 10.6 Å². The van der Waals surface area contributed by atoms with E-state index >= 15 is 0 Å². The summed E-state index contributed by atoms with van der Waals surface area (Å²) in [5.41, 5.74) is 2.03. The molecule has 0 spiro atoms. The lowest BCUT2D eigenvalue weighted by molar-refractivity contribution is 0.0809. The number of hydrogen-bond acceptors (Lipinski definition) is 5. The molecule has 2 heterocycles. The molecule has 9 heteroatoms. The molecule has 4 amide bonds. The molecule has 1 fully saturated rings. The Hall–Kier alpha value is -5.44. The number of fused-ring (bicyclic) bond motifs is 1. The Balaban J connectivity index is 0.000000548. The lowest BCUT2D eigenvalue weighted by atomic mass is 9.92. The van der Waals surface area contributed by atoms with Crippen molar-refractivity contribution >= 4 is 40.3 Å². The Bertz CT molecular complexity index is 1730. The van der Waals surface area contributed by atoms with Crippen molar-refractivity contribution in [3.05, 3.63) is 120 Å². The summed E-state index contributed by atoms with van der Waals surface area (Å²) < 4.78 is 6.48. The zero-order valence-electron chi connectivity index (χ0n) is 24.3. The number of hydrogen-bond donors (Lipinski definition) is 2. The maximum absolute atomic E-state index is 13.1. The van der Waals surface area contributed by atoms with Crippen LogP contribution in [0.15, 0.2) is 109 Å². The largest absolute Gasteiger partial charge is 0.447 e. The first-order valence-electron chi connectivity index (χ1n) is 14.0. The van der Waals surface area contributed by atoms with Crippen LogP contribution in [0.1, 0.15) is 36.8 Å². The highest BCUT2D eigenvalue weighted by Crippen LogP contribution is 2.28. The zero-order chi connectivity index (χ0) is 30.4. The summed E-state index contributed by atoms with van der Waals surface area (Å²) in [6, 6.07) is 33.7. The third-order valence-electron chi connectivity index (χ3n) is 6.77. The molecular weight excluding hydrogens is 542 g/mol. The molecule has 2 N–H and O–H groups in total. The van der Waals surface area contributed by atoms with E-state index in [1.807, 2.05) is 106 Å². The summed E-state index contributed by atoms with van der Waals surface area (Å²) in [7, 11) is 0. The van der Waals surface area contributed by atoms with Crippen LogP contribution in [-0.2, 0) is 10.2 Å². The van der Waals surface area contributed by atoms with Crippen LogP contribution in [0.2, 0.25) is 0 Å². The molecule has 1 aliphatic heterocycles. The highest BCUT2D eigenvalue weighted by molar-refractivity contribution is 6.06. The number of nitrogens with one attached hydrogen (secondary N) is 2. The summed E-state index contributed by atoms with van der Waals surface area (Å²) >= 11 is 0.